The van der Waals surface area contributed by atoms with Gasteiger partial charge in [-0.2, -0.15) is 0 Å². The minimum absolute atomic E-state index is 0.174. The highest BCUT2D eigenvalue weighted by Crippen LogP contribution is 2.19. The average Bonchev–Trinajstić information content (AvgIpc) is 2.15. The van der Waals surface area contributed by atoms with Gasteiger partial charge in [0.25, 0.3) is 0 Å². The van der Waals surface area contributed by atoms with E-state index in [0.717, 1.165) is 13.2 Å². The van der Waals surface area contributed by atoms with Crippen molar-refractivity contribution in [1.82, 2.24) is 0 Å². The maximum absolute atomic E-state index is 12.5. The SMILES string of the molecule is COc1cccc(C=O)c1[B-](F)(F)F. The van der Waals surface area contributed by atoms with Crippen molar-refractivity contribution >= 4 is 18.7 Å². The summed E-state index contributed by atoms with van der Waals surface area (Å²) in [4.78, 5) is 10.4. The molecule has 0 atom stereocenters. The van der Waals surface area contributed by atoms with Crippen LogP contribution in [0.1, 0.15) is 10.4 Å². The van der Waals surface area contributed by atoms with E-state index in [9.17, 15) is 17.7 Å². The lowest BCUT2D eigenvalue weighted by atomic mass is 9.76. The van der Waals surface area contributed by atoms with Crippen molar-refractivity contribution < 1.29 is 22.5 Å². The van der Waals surface area contributed by atoms with Crippen molar-refractivity contribution in [2.45, 2.75) is 0 Å². The molecule has 6 heteroatoms. The third-order valence-corrected chi connectivity index (χ3v) is 1.77. The molecule has 0 fully saturated rings. The third-order valence-electron chi connectivity index (χ3n) is 1.77. The van der Waals surface area contributed by atoms with E-state index in [-0.39, 0.29) is 12.0 Å². The fourth-order valence-electron chi connectivity index (χ4n) is 1.19. The molecular formula is C8H7BF3O2-. The molecule has 0 unspecified atom stereocenters. The first-order chi connectivity index (χ1) is 6.50. The van der Waals surface area contributed by atoms with Gasteiger partial charge in [-0.15, -0.1) is 0 Å². The molecule has 1 rings (SSSR count). The topological polar surface area (TPSA) is 26.3 Å². The van der Waals surface area contributed by atoms with Gasteiger partial charge >= 0.3 is 6.98 Å². The quantitative estimate of drug-likeness (QED) is 0.550. The van der Waals surface area contributed by atoms with Crippen LogP contribution in [-0.2, 0) is 0 Å². The number of ether oxygens (including phenoxy) is 1. The standard InChI is InChI=1S/C8H7BF3O2/c1-14-7-4-2-3-6(5-13)8(7)9(10,11)12/h2-5H,1H3/q-1. The first kappa shape index (κ1) is 10.6. The normalized spacial score (nSPS) is 11.1. The predicted molar refractivity (Wildman–Crippen MR) is 47.1 cm³/mol. The molecule has 0 aliphatic rings. The van der Waals surface area contributed by atoms with Crippen LogP contribution in [0.4, 0.5) is 12.9 Å². The highest BCUT2D eigenvalue weighted by Gasteiger charge is 2.31. The van der Waals surface area contributed by atoms with E-state index in [0.29, 0.717) is 0 Å². The number of hydrogen-bond acceptors (Lipinski definition) is 2. The van der Waals surface area contributed by atoms with Gasteiger partial charge in [0.05, 0.1) is 12.9 Å². The van der Waals surface area contributed by atoms with Gasteiger partial charge < -0.3 is 17.7 Å². The summed E-state index contributed by atoms with van der Waals surface area (Å²) in [7, 11) is 1.13. The Kier molecular flexibility index (Phi) is 2.83. The van der Waals surface area contributed by atoms with Crippen LogP contribution in [0.5, 0.6) is 5.75 Å². The summed E-state index contributed by atoms with van der Waals surface area (Å²) in [6.45, 7) is -5.23. The van der Waals surface area contributed by atoms with Crippen molar-refractivity contribution in [3.05, 3.63) is 23.8 Å². The average molecular weight is 203 g/mol. The molecule has 0 aromatic heterocycles. The molecule has 0 N–H and O–H groups in total. The van der Waals surface area contributed by atoms with Gasteiger partial charge in [0.15, 0.2) is 0 Å². The Morgan fingerprint density at radius 1 is 1.36 bits per heavy atom. The Morgan fingerprint density at radius 3 is 2.43 bits per heavy atom. The molecule has 0 heterocycles. The molecule has 2 nitrogen and oxygen atoms in total. The summed E-state index contributed by atoms with van der Waals surface area (Å²) in [6, 6.07) is 3.63. The zero-order chi connectivity index (χ0) is 10.8. The fourth-order valence-corrected chi connectivity index (χ4v) is 1.19. The van der Waals surface area contributed by atoms with E-state index in [1.54, 1.807) is 0 Å². The Bertz CT molecular complexity index is 349. The maximum Gasteiger partial charge on any atom is 0.513 e. The second kappa shape index (κ2) is 3.73. The van der Waals surface area contributed by atoms with Crippen molar-refractivity contribution in [3.8, 4) is 5.75 Å². The number of hydrogen-bond donors (Lipinski definition) is 0. The van der Waals surface area contributed by atoms with Crippen LogP contribution in [0.15, 0.2) is 18.2 Å². The summed E-state index contributed by atoms with van der Waals surface area (Å²) < 4.78 is 42.1. The zero-order valence-electron chi connectivity index (χ0n) is 7.34. The van der Waals surface area contributed by atoms with E-state index < -0.39 is 18.0 Å². The van der Waals surface area contributed by atoms with Crippen LogP contribution in [0.3, 0.4) is 0 Å². The number of rotatable bonds is 3. The van der Waals surface area contributed by atoms with Crippen LogP contribution in [0.2, 0.25) is 0 Å². The van der Waals surface area contributed by atoms with Gasteiger partial charge in [-0.3, -0.25) is 4.79 Å². The molecule has 0 bridgehead atoms. The number of methoxy groups -OCH3 is 1. The Hall–Kier alpha value is -1.46. The predicted octanol–water partition coefficient (Wildman–Crippen LogP) is 1.56. The third kappa shape index (κ3) is 1.89. The van der Waals surface area contributed by atoms with Crippen molar-refractivity contribution in [2.24, 2.45) is 0 Å². The Morgan fingerprint density at radius 2 is 2.00 bits per heavy atom. The minimum atomic E-state index is -5.23. The molecular weight excluding hydrogens is 196 g/mol. The molecule has 0 amide bonds. The molecule has 1 aromatic carbocycles. The molecule has 0 radical (unpaired) electrons. The monoisotopic (exact) mass is 203 g/mol. The molecule has 14 heavy (non-hydrogen) atoms. The molecule has 0 saturated heterocycles. The number of carbonyl (C=O) groups excluding carboxylic acids is 1. The lowest BCUT2D eigenvalue weighted by Crippen LogP contribution is -2.38. The number of benzene rings is 1. The first-order valence-corrected chi connectivity index (χ1v) is 3.82. The van der Waals surface area contributed by atoms with Crippen LogP contribution < -0.4 is 10.2 Å². The molecule has 0 aliphatic carbocycles. The summed E-state index contributed by atoms with van der Waals surface area (Å²) in [5, 5.41) is 0. The van der Waals surface area contributed by atoms with Gasteiger partial charge in [-0.05, 0) is 11.6 Å². The highest BCUT2D eigenvalue weighted by molar-refractivity contribution is 6.75. The second-order valence-corrected chi connectivity index (χ2v) is 2.66. The van der Waals surface area contributed by atoms with E-state index in [2.05, 4.69) is 4.74 Å². The lowest BCUT2D eigenvalue weighted by Gasteiger charge is -2.20. The van der Waals surface area contributed by atoms with Crippen LogP contribution in [0.25, 0.3) is 0 Å². The van der Waals surface area contributed by atoms with Gasteiger partial charge in [0.2, 0.25) is 0 Å². The van der Waals surface area contributed by atoms with Crippen molar-refractivity contribution in [2.75, 3.05) is 7.11 Å². The van der Waals surface area contributed by atoms with Crippen LogP contribution in [0, 0.1) is 0 Å². The minimum Gasteiger partial charge on any atom is -0.500 e. The second-order valence-electron chi connectivity index (χ2n) is 2.66. The van der Waals surface area contributed by atoms with E-state index in [1.165, 1.54) is 12.1 Å². The van der Waals surface area contributed by atoms with Crippen LogP contribution >= 0.6 is 0 Å². The van der Waals surface area contributed by atoms with Gasteiger partial charge in [-0.25, -0.2) is 0 Å². The Balaban J connectivity index is 3.41. The molecule has 76 valence electrons. The number of carbonyl (C=O) groups is 1. The zero-order valence-corrected chi connectivity index (χ0v) is 7.34. The first-order valence-electron chi connectivity index (χ1n) is 3.82. The molecule has 0 saturated carbocycles. The molecule has 0 spiro atoms. The number of halogens is 3. The van der Waals surface area contributed by atoms with Crippen molar-refractivity contribution in [1.29, 1.82) is 0 Å². The summed E-state index contributed by atoms with van der Waals surface area (Å²) >= 11 is 0. The molecule has 0 aliphatic heterocycles. The highest BCUT2D eigenvalue weighted by atomic mass is 19.4. The lowest BCUT2D eigenvalue weighted by molar-refractivity contribution is 0.112. The number of aldehydes is 1. The van der Waals surface area contributed by atoms with Crippen molar-refractivity contribution in [3.63, 3.8) is 0 Å². The Labute approximate surface area is 78.7 Å². The largest absolute Gasteiger partial charge is 0.513 e. The van der Waals surface area contributed by atoms with E-state index in [4.69, 9.17) is 0 Å². The van der Waals surface area contributed by atoms with Gasteiger partial charge in [0, 0.05) is 0 Å². The molecule has 1 aromatic rings. The summed E-state index contributed by atoms with van der Waals surface area (Å²) in [6.07, 6.45) is 0.174. The fraction of sp³-hybridized carbons (Fsp3) is 0.125. The summed E-state index contributed by atoms with van der Waals surface area (Å²) in [5.41, 5.74) is -1.36. The summed E-state index contributed by atoms with van der Waals surface area (Å²) in [5.74, 6) is -0.317. The van der Waals surface area contributed by atoms with Crippen LogP contribution in [-0.4, -0.2) is 20.4 Å². The van der Waals surface area contributed by atoms with Gasteiger partial charge in [0.1, 0.15) is 6.29 Å². The van der Waals surface area contributed by atoms with E-state index >= 15 is 0 Å². The smallest absolute Gasteiger partial charge is 0.500 e. The van der Waals surface area contributed by atoms with Gasteiger partial charge in [-0.1, -0.05) is 17.6 Å². The maximum atomic E-state index is 12.5. The van der Waals surface area contributed by atoms with E-state index in [1.807, 2.05) is 0 Å².